The minimum Gasteiger partial charge on any atom is -0.503 e. The van der Waals surface area contributed by atoms with Gasteiger partial charge in [0.2, 0.25) is 5.76 Å². The average molecular weight is 650 g/mol. The molecule has 1 saturated carbocycles. The fourth-order valence-corrected chi connectivity index (χ4v) is 6.23. The van der Waals surface area contributed by atoms with Gasteiger partial charge in [-0.2, -0.15) is 13.2 Å². The topological polar surface area (TPSA) is 109 Å². The van der Waals surface area contributed by atoms with Gasteiger partial charge in [-0.15, -0.1) is 0 Å². The highest BCUT2D eigenvalue weighted by atomic mass is 35.5. The summed E-state index contributed by atoms with van der Waals surface area (Å²) >= 11 is 12.1. The minimum absolute atomic E-state index is 0.0998. The monoisotopic (exact) mass is 648 g/mol. The Kier molecular flexibility index (Phi) is 9.44. The molecule has 1 heterocycles. The fourth-order valence-electron chi connectivity index (χ4n) is 5.89. The number of nitrogens with one attached hydrogen (secondary N) is 2. The first-order valence-electron chi connectivity index (χ1n) is 14.5. The van der Waals surface area contributed by atoms with E-state index in [0.717, 1.165) is 36.0 Å². The second kappa shape index (κ2) is 12.9. The summed E-state index contributed by atoms with van der Waals surface area (Å²) in [4.78, 5) is 18.6. The number of rotatable bonds is 9. The second-order valence-corrected chi connectivity index (χ2v) is 12.6. The van der Waals surface area contributed by atoms with Crippen LogP contribution in [0.3, 0.4) is 0 Å². The van der Waals surface area contributed by atoms with E-state index in [4.69, 9.17) is 33.6 Å². The molecule has 12 heteroatoms. The molecule has 4 N–H and O–H groups in total. The van der Waals surface area contributed by atoms with E-state index < -0.39 is 29.4 Å². The van der Waals surface area contributed by atoms with Gasteiger partial charge < -0.3 is 15.5 Å². The Morgan fingerprint density at radius 2 is 1.89 bits per heavy atom. The van der Waals surface area contributed by atoms with Crippen molar-refractivity contribution in [2.75, 3.05) is 6.54 Å². The normalized spacial score (nSPS) is 22.0. The average Bonchev–Trinajstić information content (AvgIpc) is 3.71. The predicted octanol–water partition coefficient (Wildman–Crippen LogP) is 7.76. The van der Waals surface area contributed by atoms with Crippen LogP contribution >= 0.6 is 23.2 Å². The van der Waals surface area contributed by atoms with Gasteiger partial charge >= 0.3 is 12.2 Å². The molecular formula is C32H33Cl2F3N4O3. The summed E-state index contributed by atoms with van der Waals surface area (Å²) in [6.45, 7) is -0.0998. The number of nitrogens with zero attached hydrogens (tertiary/aromatic N) is 2. The Balaban J connectivity index is 1.36. The summed E-state index contributed by atoms with van der Waals surface area (Å²) in [6.07, 6.45) is 1.02. The minimum atomic E-state index is -5.12. The predicted molar refractivity (Wildman–Crippen MR) is 164 cm³/mol. The summed E-state index contributed by atoms with van der Waals surface area (Å²) in [7, 11) is 0. The molecular weight excluding hydrogens is 616 g/mol. The van der Waals surface area contributed by atoms with Crippen LogP contribution in [0.15, 0.2) is 76.6 Å². The van der Waals surface area contributed by atoms with Crippen LogP contribution in [0, 0.1) is 11.3 Å². The number of amides is 2. The molecule has 2 aromatic carbocycles. The van der Waals surface area contributed by atoms with Crippen LogP contribution in [-0.4, -0.2) is 57.1 Å². The van der Waals surface area contributed by atoms with Crippen molar-refractivity contribution in [2.24, 2.45) is 10.9 Å². The van der Waals surface area contributed by atoms with Crippen molar-refractivity contribution in [1.29, 1.82) is 5.41 Å². The molecule has 0 radical (unpaired) electrons. The number of halogens is 5. The highest BCUT2D eigenvalue weighted by molar-refractivity contribution is 6.31. The molecule has 234 valence electrons. The number of alkyl halides is 3. The van der Waals surface area contributed by atoms with Gasteiger partial charge in [0.1, 0.15) is 5.84 Å². The zero-order valence-corrected chi connectivity index (χ0v) is 25.3. The molecule has 3 aliphatic rings. The molecule has 2 aliphatic carbocycles. The van der Waals surface area contributed by atoms with Crippen LogP contribution in [-0.2, 0) is 6.42 Å². The van der Waals surface area contributed by atoms with E-state index >= 15 is 0 Å². The highest BCUT2D eigenvalue weighted by Crippen LogP contribution is 2.46. The molecule has 1 aliphatic heterocycles. The lowest BCUT2D eigenvalue weighted by Gasteiger charge is -2.35. The third kappa shape index (κ3) is 7.83. The number of hydrogen-bond acceptors (Lipinski definition) is 5. The molecule has 5 rings (SSSR count). The molecule has 44 heavy (non-hydrogen) atoms. The van der Waals surface area contributed by atoms with Crippen molar-refractivity contribution in [3.05, 3.63) is 92.8 Å². The van der Waals surface area contributed by atoms with Gasteiger partial charge in [0.05, 0.1) is 30.1 Å². The van der Waals surface area contributed by atoms with Gasteiger partial charge in [-0.3, -0.25) is 10.4 Å². The third-order valence-electron chi connectivity index (χ3n) is 8.30. The molecule has 0 aromatic heterocycles. The highest BCUT2D eigenvalue weighted by Gasteiger charge is 2.43. The van der Waals surface area contributed by atoms with Crippen LogP contribution in [0.1, 0.15) is 56.1 Å². The molecule has 2 unspecified atom stereocenters. The van der Waals surface area contributed by atoms with E-state index in [1.165, 1.54) is 24.3 Å². The molecule has 0 saturated heterocycles. The number of benzene rings is 2. The van der Waals surface area contributed by atoms with Crippen molar-refractivity contribution in [2.45, 2.75) is 69.2 Å². The van der Waals surface area contributed by atoms with Crippen molar-refractivity contribution in [3.63, 3.8) is 0 Å². The molecule has 2 aromatic rings. The lowest BCUT2D eigenvalue weighted by molar-refractivity contribution is -0.121. The quantitative estimate of drug-likeness (QED) is 0.127. The fraction of sp³-hybridized carbons (Fsp3) is 0.406. The maximum atomic E-state index is 13.3. The first-order valence-corrected chi connectivity index (χ1v) is 15.2. The van der Waals surface area contributed by atoms with Gasteiger partial charge in [-0.05, 0) is 97.6 Å². The first-order chi connectivity index (χ1) is 20.8. The zero-order chi connectivity index (χ0) is 31.6. The summed E-state index contributed by atoms with van der Waals surface area (Å²) in [5.41, 5.74) is 2.93. The Morgan fingerprint density at radius 3 is 2.55 bits per heavy atom. The van der Waals surface area contributed by atoms with Crippen LogP contribution in [0.2, 0.25) is 10.0 Å². The van der Waals surface area contributed by atoms with E-state index in [1.807, 2.05) is 18.2 Å². The number of urea groups is 1. The van der Waals surface area contributed by atoms with Crippen LogP contribution in [0.5, 0.6) is 0 Å². The van der Waals surface area contributed by atoms with Crippen LogP contribution in [0.4, 0.5) is 18.0 Å². The standard InChI is InChI=1S/C32H33Cl2F3N4O3/c33-22-9-7-21(8-10-22)29(38)41(18-28(42)32(35,36)37)30(43)39-17-27-24-12-13-31(44,15-20-4-5-20)16-25(24)26(40-27)11-6-19-2-1-3-23(34)14-19/h1-3,7-10,14,18,20,26,38,42,44H,4-6,11-13,15-17H2,(H,39,43)/b28-18-,38-29?. The van der Waals surface area contributed by atoms with E-state index in [9.17, 15) is 28.2 Å². The van der Waals surface area contributed by atoms with Gasteiger partial charge in [0.25, 0.3) is 0 Å². The molecule has 1 fully saturated rings. The summed E-state index contributed by atoms with van der Waals surface area (Å²) in [5.74, 6) is -2.08. The number of aliphatic hydroxyl groups is 2. The SMILES string of the molecule is N=C(c1ccc(Cl)cc1)N(/C=C(\O)C(F)(F)F)C(=O)NCC1=NC(CCc2cccc(Cl)c2)C2=C1CCC(O)(CC1CC1)C2. The number of hydrogen-bond donors (Lipinski definition) is 4. The van der Waals surface area contributed by atoms with Gasteiger partial charge in [-0.1, -0.05) is 48.2 Å². The van der Waals surface area contributed by atoms with Gasteiger partial charge in [0, 0.05) is 15.6 Å². The number of aryl methyl sites for hydroxylation is 1. The molecule has 2 amide bonds. The largest absolute Gasteiger partial charge is 0.503 e. The second-order valence-electron chi connectivity index (χ2n) is 11.7. The van der Waals surface area contributed by atoms with Crippen molar-refractivity contribution < 1.29 is 28.2 Å². The van der Waals surface area contributed by atoms with E-state index in [2.05, 4.69) is 5.32 Å². The number of amidine groups is 1. The summed E-state index contributed by atoms with van der Waals surface area (Å²) in [5, 5.41) is 33.1. The van der Waals surface area contributed by atoms with Crippen LogP contribution < -0.4 is 5.32 Å². The Bertz CT molecular complexity index is 1520. The van der Waals surface area contributed by atoms with Crippen molar-refractivity contribution in [1.82, 2.24) is 10.2 Å². The molecule has 2 atom stereocenters. The summed E-state index contributed by atoms with van der Waals surface area (Å²) < 4.78 is 39.6. The lowest BCUT2D eigenvalue weighted by Crippen LogP contribution is -2.43. The Hall–Kier alpha value is -3.34. The van der Waals surface area contributed by atoms with Crippen molar-refractivity contribution in [3.8, 4) is 0 Å². The number of carbonyl (C=O) groups is 1. The Morgan fingerprint density at radius 1 is 1.16 bits per heavy atom. The van der Waals surface area contributed by atoms with E-state index in [0.29, 0.717) is 58.7 Å². The van der Waals surface area contributed by atoms with Gasteiger partial charge in [0.15, 0.2) is 0 Å². The number of aliphatic imine (C=N–C) groups is 1. The molecule has 7 nitrogen and oxygen atoms in total. The van der Waals surface area contributed by atoms with E-state index in [1.54, 1.807) is 6.07 Å². The smallest absolute Gasteiger partial charge is 0.450 e. The zero-order valence-electron chi connectivity index (χ0n) is 23.8. The lowest BCUT2D eigenvalue weighted by atomic mass is 9.75. The number of carbonyl (C=O) groups excluding carboxylic acids is 1. The number of aliphatic hydroxyl groups excluding tert-OH is 1. The van der Waals surface area contributed by atoms with E-state index in [-0.39, 0.29) is 24.4 Å². The first kappa shape index (κ1) is 32.1. The number of allylic oxidation sites excluding steroid dienone is 1. The molecule has 0 bridgehead atoms. The van der Waals surface area contributed by atoms with Crippen molar-refractivity contribution >= 4 is 40.8 Å². The molecule has 0 spiro atoms. The summed E-state index contributed by atoms with van der Waals surface area (Å²) in [6, 6.07) is 11.9. The third-order valence-corrected chi connectivity index (χ3v) is 8.78. The Labute approximate surface area is 263 Å². The maximum absolute atomic E-state index is 13.3. The van der Waals surface area contributed by atoms with Crippen LogP contribution in [0.25, 0.3) is 0 Å². The van der Waals surface area contributed by atoms with Gasteiger partial charge in [-0.25, -0.2) is 9.69 Å². The maximum Gasteiger partial charge on any atom is 0.450 e.